The van der Waals surface area contributed by atoms with Crippen LogP contribution in [0.15, 0.2) is 42.5 Å². The second-order valence-electron chi connectivity index (χ2n) is 5.30. The first-order valence-corrected chi connectivity index (χ1v) is 7.53. The van der Waals surface area contributed by atoms with Gasteiger partial charge in [-0.2, -0.15) is 0 Å². The maximum Gasteiger partial charge on any atom is 0.323 e. The molecule has 0 saturated heterocycles. The molecule has 2 rings (SSSR count). The average molecular weight is 311 g/mol. The highest BCUT2D eigenvalue weighted by Crippen LogP contribution is 2.21. The summed E-state index contributed by atoms with van der Waals surface area (Å²) < 4.78 is 0. The minimum Gasteiger partial charge on any atom is -0.326 e. The summed E-state index contributed by atoms with van der Waals surface area (Å²) >= 11 is 0. The smallest absolute Gasteiger partial charge is 0.323 e. The van der Waals surface area contributed by atoms with E-state index in [1.807, 2.05) is 44.2 Å². The normalized spacial score (nSPS) is 10.0. The number of urea groups is 1. The van der Waals surface area contributed by atoms with Gasteiger partial charge in [0.25, 0.3) is 0 Å². The highest BCUT2D eigenvalue weighted by atomic mass is 16.2. The zero-order valence-electron chi connectivity index (χ0n) is 13.6. The third-order valence-corrected chi connectivity index (χ3v) is 3.45. The molecule has 0 spiro atoms. The van der Waals surface area contributed by atoms with Crippen LogP contribution in [0.3, 0.4) is 0 Å². The monoisotopic (exact) mass is 311 g/mol. The van der Waals surface area contributed by atoms with Crippen LogP contribution in [0.25, 0.3) is 0 Å². The summed E-state index contributed by atoms with van der Waals surface area (Å²) in [5.41, 5.74) is 4.10. The molecular weight excluding hydrogens is 290 g/mol. The molecule has 0 bridgehead atoms. The fraction of sp³-hybridized carbons (Fsp3) is 0.222. The fourth-order valence-corrected chi connectivity index (χ4v) is 2.26. The Hall–Kier alpha value is -2.82. The Bertz CT molecular complexity index is 726. The first-order chi connectivity index (χ1) is 11.0. The van der Waals surface area contributed by atoms with E-state index in [1.165, 1.54) is 6.92 Å². The van der Waals surface area contributed by atoms with Crippen LogP contribution >= 0.6 is 0 Å². The largest absolute Gasteiger partial charge is 0.326 e. The van der Waals surface area contributed by atoms with Gasteiger partial charge in [-0.15, -0.1) is 0 Å². The van der Waals surface area contributed by atoms with Gasteiger partial charge in [-0.05, 0) is 42.7 Å². The molecule has 0 fully saturated rings. The summed E-state index contributed by atoms with van der Waals surface area (Å²) in [4.78, 5) is 23.4. The number of carbonyl (C=O) groups is 2. The van der Waals surface area contributed by atoms with Gasteiger partial charge in [-0.25, -0.2) is 4.79 Å². The van der Waals surface area contributed by atoms with Crippen molar-refractivity contribution < 1.29 is 9.59 Å². The molecule has 0 unspecified atom stereocenters. The fourth-order valence-electron chi connectivity index (χ4n) is 2.26. The second kappa shape index (κ2) is 7.45. The van der Waals surface area contributed by atoms with Crippen LogP contribution < -0.4 is 16.0 Å². The van der Waals surface area contributed by atoms with Crippen molar-refractivity contribution in [3.05, 3.63) is 53.6 Å². The first-order valence-electron chi connectivity index (χ1n) is 7.53. The standard InChI is InChI=1S/C18H21N3O2/c1-4-14-7-5-6-8-16(14)21-18(23)20-15-10-9-12(2)17(11-15)19-13(3)22/h5-11H,4H2,1-3H3,(H,19,22)(H2,20,21,23). The Morgan fingerprint density at radius 3 is 2.39 bits per heavy atom. The van der Waals surface area contributed by atoms with E-state index in [0.29, 0.717) is 11.4 Å². The molecule has 0 radical (unpaired) electrons. The Kier molecular flexibility index (Phi) is 5.36. The van der Waals surface area contributed by atoms with Crippen LogP contribution in [0.5, 0.6) is 0 Å². The van der Waals surface area contributed by atoms with E-state index in [-0.39, 0.29) is 11.9 Å². The molecule has 3 amide bonds. The van der Waals surface area contributed by atoms with Gasteiger partial charge in [0.05, 0.1) is 0 Å². The number of hydrogen-bond donors (Lipinski definition) is 3. The van der Waals surface area contributed by atoms with Crippen LogP contribution in [0.4, 0.5) is 21.9 Å². The van der Waals surface area contributed by atoms with Crippen molar-refractivity contribution in [2.75, 3.05) is 16.0 Å². The van der Waals surface area contributed by atoms with Gasteiger partial charge in [-0.1, -0.05) is 31.2 Å². The highest BCUT2D eigenvalue weighted by Gasteiger charge is 2.07. The molecule has 23 heavy (non-hydrogen) atoms. The summed E-state index contributed by atoms with van der Waals surface area (Å²) in [7, 11) is 0. The number of rotatable bonds is 4. The highest BCUT2D eigenvalue weighted by molar-refractivity contribution is 6.01. The topological polar surface area (TPSA) is 70.2 Å². The van der Waals surface area contributed by atoms with Gasteiger partial charge in [0.1, 0.15) is 0 Å². The van der Waals surface area contributed by atoms with Crippen molar-refractivity contribution in [2.24, 2.45) is 0 Å². The number of benzene rings is 2. The molecule has 2 aromatic carbocycles. The zero-order valence-corrected chi connectivity index (χ0v) is 13.6. The van der Waals surface area contributed by atoms with Crippen LogP contribution in [-0.4, -0.2) is 11.9 Å². The number of amides is 3. The van der Waals surface area contributed by atoms with Crippen LogP contribution in [0.1, 0.15) is 25.0 Å². The first kappa shape index (κ1) is 16.5. The predicted octanol–water partition coefficient (Wildman–Crippen LogP) is 4.16. The molecular formula is C18H21N3O2. The molecule has 3 N–H and O–H groups in total. The third kappa shape index (κ3) is 4.57. The molecule has 2 aromatic rings. The molecule has 0 saturated carbocycles. The minimum atomic E-state index is -0.316. The van der Waals surface area contributed by atoms with E-state index in [1.54, 1.807) is 12.1 Å². The Morgan fingerprint density at radius 1 is 0.957 bits per heavy atom. The van der Waals surface area contributed by atoms with Gasteiger partial charge in [0.15, 0.2) is 0 Å². The van der Waals surface area contributed by atoms with E-state index in [2.05, 4.69) is 16.0 Å². The van der Waals surface area contributed by atoms with Crippen molar-refractivity contribution in [3.63, 3.8) is 0 Å². The van der Waals surface area contributed by atoms with E-state index in [9.17, 15) is 9.59 Å². The lowest BCUT2D eigenvalue weighted by Gasteiger charge is -2.13. The summed E-state index contributed by atoms with van der Waals surface area (Å²) in [6, 6.07) is 12.8. The summed E-state index contributed by atoms with van der Waals surface area (Å²) in [6.45, 7) is 5.39. The van der Waals surface area contributed by atoms with Crippen molar-refractivity contribution in [2.45, 2.75) is 27.2 Å². The number of carbonyl (C=O) groups excluding carboxylic acids is 2. The molecule has 0 aliphatic carbocycles. The lowest BCUT2D eigenvalue weighted by atomic mass is 10.1. The molecule has 0 aliphatic rings. The van der Waals surface area contributed by atoms with Crippen LogP contribution in [0, 0.1) is 6.92 Å². The molecule has 0 aromatic heterocycles. The number of hydrogen-bond acceptors (Lipinski definition) is 2. The second-order valence-corrected chi connectivity index (χ2v) is 5.30. The number of anilines is 3. The van der Waals surface area contributed by atoms with E-state index in [4.69, 9.17) is 0 Å². The molecule has 0 atom stereocenters. The molecule has 5 heteroatoms. The van der Waals surface area contributed by atoms with Crippen molar-refractivity contribution >= 4 is 29.0 Å². The quantitative estimate of drug-likeness (QED) is 0.793. The van der Waals surface area contributed by atoms with Gasteiger partial charge in [0, 0.05) is 24.0 Å². The molecule has 120 valence electrons. The average Bonchev–Trinajstić information content (AvgIpc) is 2.50. The summed E-state index contributed by atoms with van der Waals surface area (Å²) in [6.07, 6.45) is 0.841. The number of nitrogens with one attached hydrogen (secondary N) is 3. The lowest BCUT2D eigenvalue weighted by molar-refractivity contribution is -0.114. The van der Waals surface area contributed by atoms with Gasteiger partial charge < -0.3 is 16.0 Å². The van der Waals surface area contributed by atoms with Crippen molar-refractivity contribution in [1.82, 2.24) is 0 Å². The Labute approximate surface area is 136 Å². The zero-order chi connectivity index (χ0) is 16.8. The van der Waals surface area contributed by atoms with E-state index in [0.717, 1.165) is 23.2 Å². The van der Waals surface area contributed by atoms with E-state index >= 15 is 0 Å². The minimum absolute atomic E-state index is 0.147. The maximum absolute atomic E-state index is 12.2. The predicted molar refractivity (Wildman–Crippen MR) is 93.9 cm³/mol. The van der Waals surface area contributed by atoms with Crippen LogP contribution in [0.2, 0.25) is 0 Å². The van der Waals surface area contributed by atoms with Crippen molar-refractivity contribution in [3.8, 4) is 0 Å². The van der Waals surface area contributed by atoms with Gasteiger partial charge in [0.2, 0.25) is 5.91 Å². The molecule has 0 heterocycles. The number of aryl methyl sites for hydroxylation is 2. The third-order valence-electron chi connectivity index (χ3n) is 3.45. The SMILES string of the molecule is CCc1ccccc1NC(=O)Nc1ccc(C)c(NC(C)=O)c1. The Balaban J connectivity index is 2.09. The summed E-state index contributed by atoms with van der Waals surface area (Å²) in [5, 5.41) is 8.37. The number of para-hydroxylation sites is 1. The van der Waals surface area contributed by atoms with Crippen molar-refractivity contribution in [1.29, 1.82) is 0 Å². The van der Waals surface area contributed by atoms with E-state index < -0.39 is 0 Å². The molecule has 5 nitrogen and oxygen atoms in total. The van der Waals surface area contributed by atoms with Gasteiger partial charge >= 0.3 is 6.03 Å². The Morgan fingerprint density at radius 2 is 1.70 bits per heavy atom. The molecule has 0 aliphatic heterocycles. The summed E-state index contributed by atoms with van der Waals surface area (Å²) in [5.74, 6) is -0.147. The van der Waals surface area contributed by atoms with Crippen LogP contribution in [-0.2, 0) is 11.2 Å². The maximum atomic E-state index is 12.2. The van der Waals surface area contributed by atoms with Gasteiger partial charge in [-0.3, -0.25) is 4.79 Å². The lowest BCUT2D eigenvalue weighted by Crippen LogP contribution is -2.20.